The molecule has 4 aliphatic heterocycles. The Morgan fingerprint density at radius 2 is 0.804 bits per heavy atom. The van der Waals surface area contributed by atoms with E-state index in [9.17, 15) is 0 Å². The van der Waals surface area contributed by atoms with Crippen molar-refractivity contribution in [3.63, 3.8) is 0 Å². The number of likely N-dealkylation sites (N-methyl/N-ethyl adjacent to an activating group) is 1. The number of nitrogens with zero attached hydrogens (tertiary/aromatic N) is 2. The quantitative estimate of drug-likeness (QED) is 0.143. The van der Waals surface area contributed by atoms with E-state index in [1.54, 1.807) is 0 Å². The maximum atomic E-state index is 2.49. The zero-order valence-electron chi connectivity index (χ0n) is 34.6. The Morgan fingerprint density at radius 1 is 0.464 bits per heavy atom. The third-order valence-corrected chi connectivity index (χ3v) is 15.0. The Bertz CT molecular complexity index is 2290. The fourth-order valence-corrected chi connectivity index (χ4v) is 11.1. The Hall–Kier alpha value is -4.76. The van der Waals surface area contributed by atoms with Gasteiger partial charge in [0.05, 0.1) is 59.3 Å². The molecular weight excluding hydrogens is 677 g/mol. The van der Waals surface area contributed by atoms with E-state index in [4.69, 9.17) is 0 Å². The fraction of sp³-hybridized carbons (Fsp3) is 0.333. The van der Waals surface area contributed by atoms with Crippen LogP contribution in [0.3, 0.4) is 0 Å². The standard InChI is InChI=1S/C54H60N2/c1-39-7-9-41(10-8-39)42-11-13-44(14-12-42)47-21-27-50(28-22-47)54(38-56(6)34-31-52(54)32-35-56)51-29-23-48(24-30-51)45-17-15-43(16-18-45)46-19-25-49(26-20-46)53(3)33-36-55(4,5)37-40(53)2/h7-30,40,52H,31-38H2,1-6H3/q+2/t40?,52?,53-,54?,56?/m0/s1. The monoisotopic (exact) mass is 736 g/mol. The highest BCUT2D eigenvalue weighted by Gasteiger charge is 2.55. The van der Waals surface area contributed by atoms with E-state index >= 15 is 0 Å². The summed E-state index contributed by atoms with van der Waals surface area (Å²) in [5.74, 6) is 1.32. The summed E-state index contributed by atoms with van der Waals surface area (Å²) in [6.45, 7) is 13.3. The lowest BCUT2D eigenvalue weighted by Crippen LogP contribution is -2.66. The van der Waals surface area contributed by atoms with Gasteiger partial charge in [-0.2, -0.15) is 0 Å². The number of piperidine rings is 4. The van der Waals surface area contributed by atoms with Gasteiger partial charge in [0.15, 0.2) is 0 Å². The number of hydrogen-bond donors (Lipinski definition) is 0. The first-order chi connectivity index (χ1) is 26.9. The van der Waals surface area contributed by atoms with Crippen molar-refractivity contribution in [2.45, 2.75) is 50.9 Å². The minimum Gasteiger partial charge on any atom is -0.328 e. The molecule has 0 spiro atoms. The summed E-state index contributed by atoms with van der Waals surface area (Å²) in [6.07, 6.45) is 3.82. The first-order valence-corrected chi connectivity index (χ1v) is 21.2. The first-order valence-electron chi connectivity index (χ1n) is 21.2. The molecule has 56 heavy (non-hydrogen) atoms. The molecule has 6 aromatic carbocycles. The average molecular weight is 737 g/mol. The first kappa shape index (κ1) is 36.9. The topological polar surface area (TPSA) is 0 Å². The second kappa shape index (κ2) is 14.0. The summed E-state index contributed by atoms with van der Waals surface area (Å²) >= 11 is 0. The van der Waals surface area contributed by atoms with Crippen molar-refractivity contribution in [1.29, 1.82) is 0 Å². The van der Waals surface area contributed by atoms with E-state index in [0.29, 0.717) is 11.8 Å². The largest absolute Gasteiger partial charge is 0.328 e. The number of hydrogen-bond acceptors (Lipinski definition) is 0. The Morgan fingerprint density at radius 3 is 1.16 bits per heavy atom. The van der Waals surface area contributed by atoms with Gasteiger partial charge in [-0.15, -0.1) is 0 Å². The van der Waals surface area contributed by atoms with E-state index in [0.717, 1.165) is 4.48 Å². The van der Waals surface area contributed by atoms with Gasteiger partial charge in [0.2, 0.25) is 0 Å². The molecule has 2 nitrogen and oxygen atoms in total. The molecule has 6 aromatic rings. The molecule has 10 rings (SSSR count). The highest BCUT2D eigenvalue weighted by molar-refractivity contribution is 5.72. The van der Waals surface area contributed by atoms with Crippen LogP contribution < -0.4 is 0 Å². The van der Waals surface area contributed by atoms with Gasteiger partial charge in [0.25, 0.3) is 0 Å². The molecule has 284 valence electrons. The van der Waals surface area contributed by atoms with Crippen LogP contribution in [0.2, 0.25) is 0 Å². The van der Waals surface area contributed by atoms with Crippen LogP contribution >= 0.6 is 0 Å². The summed E-state index contributed by atoms with van der Waals surface area (Å²) in [4.78, 5) is 0. The van der Waals surface area contributed by atoms with Gasteiger partial charge in [-0.1, -0.05) is 165 Å². The third kappa shape index (κ3) is 6.65. The maximum absolute atomic E-state index is 2.49. The molecule has 0 amide bonds. The second-order valence-electron chi connectivity index (χ2n) is 19.1. The number of benzene rings is 6. The lowest BCUT2D eigenvalue weighted by molar-refractivity contribution is -0.929. The van der Waals surface area contributed by atoms with Gasteiger partial charge in [-0.25, -0.2) is 0 Å². The molecule has 2 unspecified atom stereocenters. The van der Waals surface area contributed by atoms with Gasteiger partial charge in [-0.3, -0.25) is 0 Å². The zero-order valence-corrected chi connectivity index (χ0v) is 34.6. The second-order valence-corrected chi connectivity index (χ2v) is 19.1. The molecule has 4 fully saturated rings. The van der Waals surface area contributed by atoms with Gasteiger partial charge >= 0.3 is 0 Å². The Kier molecular flexibility index (Phi) is 9.22. The van der Waals surface area contributed by atoms with Crippen LogP contribution in [0.5, 0.6) is 0 Å². The summed E-state index contributed by atoms with van der Waals surface area (Å²) < 4.78 is 2.29. The van der Waals surface area contributed by atoms with Crippen molar-refractivity contribution in [2.24, 2.45) is 11.8 Å². The van der Waals surface area contributed by atoms with Crippen molar-refractivity contribution in [2.75, 3.05) is 53.9 Å². The van der Waals surface area contributed by atoms with E-state index in [-0.39, 0.29) is 10.8 Å². The van der Waals surface area contributed by atoms with E-state index in [1.807, 2.05) is 0 Å². The van der Waals surface area contributed by atoms with E-state index in [1.165, 1.54) is 123 Å². The molecular formula is C54H60N2+2. The van der Waals surface area contributed by atoms with Crippen molar-refractivity contribution < 1.29 is 8.97 Å². The number of fused-ring (bicyclic) bond motifs is 3. The van der Waals surface area contributed by atoms with Crippen LogP contribution in [-0.4, -0.2) is 62.8 Å². The molecule has 2 bridgehead atoms. The smallest absolute Gasteiger partial charge is 0.0926 e. The van der Waals surface area contributed by atoms with E-state index < -0.39 is 0 Å². The van der Waals surface area contributed by atoms with Gasteiger partial charge < -0.3 is 8.97 Å². The minimum absolute atomic E-state index is 0.0233. The highest BCUT2D eigenvalue weighted by Crippen LogP contribution is 2.51. The van der Waals surface area contributed by atoms with Crippen molar-refractivity contribution in [1.82, 2.24) is 0 Å². The SMILES string of the molecule is Cc1ccc(-c2ccc(-c3ccc(C4(c5ccc(-c6ccc(-c7ccc([C@@]8(C)CC[N+](C)(C)CC8C)cc7)cc6)cc5)C[N+]5(C)CCC4CC5)cc3)cc2)cc1. The summed E-state index contributed by atoms with van der Waals surface area (Å²) in [5.41, 5.74) is 16.2. The average Bonchev–Trinajstić information content (AvgIpc) is 3.23. The predicted molar refractivity (Wildman–Crippen MR) is 237 cm³/mol. The number of rotatable bonds is 7. The van der Waals surface area contributed by atoms with Crippen LogP contribution in [0.4, 0.5) is 0 Å². The van der Waals surface area contributed by atoms with Crippen LogP contribution in [0.15, 0.2) is 146 Å². The molecule has 4 saturated heterocycles. The molecule has 4 aliphatic rings. The van der Waals surface area contributed by atoms with Gasteiger partial charge in [0, 0.05) is 30.6 Å². The van der Waals surface area contributed by atoms with Crippen LogP contribution in [0.25, 0.3) is 44.5 Å². The molecule has 0 radical (unpaired) electrons. The lowest BCUT2D eigenvalue weighted by Gasteiger charge is -2.57. The van der Waals surface area contributed by atoms with Crippen LogP contribution in [-0.2, 0) is 10.8 Å². The third-order valence-electron chi connectivity index (χ3n) is 15.0. The van der Waals surface area contributed by atoms with Crippen molar-refractivity contribution >= 4 is 0 Å². The molecule has 0 N–H and O–H groups in total. The molecule has 3 atom stereocenters. The van der Waals surface area contributed by atoms with Gasteiger partial charge in [0.1, 0.15) is 0 Å². The summed E-state index contributed by atoms with van der Waals surface area (Å²) in [6, 6.07) is 55.9. The fourth-order valence-electron chi connectivity index (χ4n) is 11.1. The number of quaternary nitrogens is 2. The molecule has 4 heterocycles. The summed E-state index contributed by atoms with van der Waals surface area (Å²) in [7, 11) is 7.25. The Balaban J connectivity index is 0.952. The molecule has 0 aromatic heterocycles. The molecule has 0 aliphatic carbocycles. The Labute approximate surface area is 336 Å². The predicted octanol–water partition coefficient (Wildman–Crippen LogP) is 12.2. The van der Waals surface area contributed by atoms with Crippen molar-refractivity contribution in [3.8, 4) is 44.5 Å². The number of likely N-dealkylation sites (tertiary alicyclic amines) is 1. The normalized spacial score (nSPS) is 26.9. The van der Waals surface area contributed by atoms with E-state index in [2.05, 4.69) is 188 Å². The highest BCUT2D eigenvalue weighted by atomic mass is 15.4. The lowest BCUT2D eigenvalue weighted by atomic mass is 9.58. The summed E-state index contributed by atoms with van der Waals surface area (Å²) in [5, 5.41) is 0. The van der Waals surface area contributed by atoms with Crippen molar-refractivity contribution in [3.05, 3.63) is 168 Å². The van der Waals surface area contributed by atoms with Crippen LogP contribution in [0.1, 0.15) is 55.4 Å². The number of aryl methyl sites for hydroxylation is 1. The minimum atomic E-state index is 0.0233. The zero-order chi connectivity index (χ0) is 38.7. The van der Waals surface area contributed by atoms with Crippen LogP contribution in [0, 0.1) is 18.8 Å². The maximum Gasteiger partial charge on any atom is 0.0926 e. The molecule has 2 heteroatoms. The molecule has 0 saturated carbocycles. The van der Waals surface area contributed by atoms with Gasteiger partial charge in [-0.05, 0) is 74.0 Å².